The van der Waals surface area contributed by atoms with Crippen molar-refractivity contribution < 1.29 is 8.42 Å². The summed E-state index contributed by atoms with van der Waals surface area (Å²) < 4.78 is 28.0. The second-order valence-corrected chi connectivity index (χ2v) is 8.70. The minimum Gasteiger partial charge on any atom is -0.398 e. The quantitative estimate of drug-likeness (QED) is 0.819. The summed E-state index contributed by atoms with van der Waals surface area (Å²) in [6.45, 7) is 0.562. The van der Waals surface area contributed by atoms with E-state index >= 15 is 0 Å². The van der Waals surface area contributed by atoms with Crippen LogP contribution in [0.25, 0.3) is 0 Å². The van der Waals surface area contributed by atoms with Gasteiger partial charge in [-0.15, -0.1) is 11.3 Å². The molecule has 0 bridgehead atoms. The van der Waals surface area contributed by atoms with Gasteiger partial charge in [-0.25, -0.2) is 8.42 Å². The van der Waals surface area contributed by atoms with Gasteiger partial charge in [-0.3, -0.25) is 0 Å². The number of nitrogens with zero attached hydrogens (tertiary/aromatic N) is 1. The number of benzene rings is 1. The molecule has 21 heavy (non-hydrogen) atoms. The van der Waals surface area contributed by atoms with Crippen LogP contribution in [0.2, 0.25) is 0 Å². The minimum absolute atomic E-state index is 0.0497. The molecular formula is C14H15BrN2O2S2. The summed E-state index contributed by atoms with van der Waals surface area (Å²) in [4.78, 5) is 1.39. The van der Waals surface area contributed by atoms with Gasteiger partial charge < -0.3 is 5.73 Å². The van der Waals surface area contributed by atoms with Gasteiger partial charge in [-0.1, -0.05) is 6.07 Å². The first-order valence-electron chi connectivity index (χ1n) is 6.60. The van der Waals surface area contributed by atoms with Crippen molar-refractivity contribution in [3.8, 4) is 0 Å². The van der Waals surface area contributed by atoms with Crippen LogP contribution in [0.4, 0.5) is 5.69 Å². The first-order chi connectivity index (χ1) is 10.00. The van der Waals surface area contributed by atoms with Crippen molar-refractivity contribution >= 4 is 43.0 Å². The predicted molar refractivity (Wildman–Crippen MR) is 88.7 cm³/mol. The van der Waals surface area contributed by atoms with Crippen LogP contribution in [0, 0.1) is 0 Å². The molecule has 1 saturated heterocycles. The molecule has 112 valence electrons. The Labute approximate surface area is 136 Å². The lowest BCUT2D eigenvalue weighted by molar-refractivity contribution is 0.401. The molecule has 0 saturated carbocycles. The molecule has 1 aromatic heterocycles. The fourth-order valence-corrected chi connectivity index (χ4v) is 5.77. The highest BCUT2D eigenvalue weighted by Gasteiger charge is 2.36. The van der Waals surface area contributed by atoms with Crippen LogP contribution in [-0.2, 0) is 10.0 Å². The summed E-state index contributed by atoms with van der Waals surface area (Å²) in [5.41, 5.74) is 6.27. The molecule has 0 amide bonds. The van der Waals surface area contributed by atoms with Crippen molar-refractivity contribution in [1.82, 2.24) is 4.31 Å². The highest BCUT2D eigenvalue weighted by molar-refractivity contribution is 9.10. The third-order valence-electron chi connectivity index (χ3n) is 3.65. The van der Waals surface area contributed by atoms with E-state index in [1.54, 1.807) is 33.8 Å². The number of anilines is 1. The lowest BCUT2D eigenvalue weighted by Crippen LogP contribution is -2.30. The third kappa shape index (κ3) is 2.75. The molecule has 1 unspecified atom stereocenters. The van der Waals surface area contributed by atoms with Crippen LogP contribution in [-0.4, -0.2) is 19.3 Å². The Balaban J connectivity index is 1.99. The summed E-state index contributed by atoms with van der Waals surface area (Å²) in [5.74, 6) is 0. The molecule has 2 aromatic rings. The predicted octanol–water partition coefficient (Wildman–Crippen LogP) is 3.62. The van der Waals surface area contributed by atoms with Gasteiger partial charge in [0, 0.05) is 21.6 Å². The van der Waals surface area contributed by atoms with E-state index in [0.29, 0.717) is 16.7 Å². The van der Waals surface area contributed by atoms with Crippen LogP contribution >= 0.6 is 27.3 Å². The number of hydrogen-bond donors (Lipinski definition) is 1. The molecule has 4 nitrogen and oxygen atoms in total. The summed E-state index contributed by atoms with van der Waals surface area (Å²) in [6.07, 6.45) is 1.76. The maximum Gasteiger partial charge on any atom is 0.243 e. The Hall–Kier alpha value is -0.890. The topological polar surface area (TPSA) is 63.4 Å². The third-order valence-corrected chi connectivity index (χ3v) is 7.22. The Morgan fingerprint density at radius 2 is 2.14 bits per heavy atom. The van der Waals surface area contributed by atoms with E-state index in [0.717, 1.165) is 17.7 Å². The van der Waals surface area contributed by atoms with Gasteiger partial charge in [0.2, 0.25) is 10.0 Å². The maximum atomic E-state index is 12.9. The first kappa shape index (κ1) is 15.0. The number of nitrogens with two attached hydrogens (primary N) is 1. The zero-order chi connectivity index (χ0) is 15.0. The standard InChI is InChI=1S/C14H15BrN2O2S2/c15-11-9-10(5-6-12(11)16)21(18,19)17-7-1-3-13(17)14-4-2-8-20-14/h2,4-6,8-9,13H,1,3,7,16H2. The molecule has 2 N–H and O–H groups in total. The molecule has 7 heteroatoms. The van der Waals surface area contributed by atoms with Gasteiger partial charge in [0.15, 0.2) is 0 Å². The number of rotatable bonds is 3. The van der Waals surface area contributed by atoms with Gasteiger partial charge in [-0.2, -0.15) is 4.31 Å². The molecule has 1 aliphatic rings. The van der Waals surface area contributed by atoms with E-state index < -0.39 is 10.0 Å². The molecular weight excluding hydrogens is 372 g/mol. The molecule has 0 spiro atoms. The molecule has 0 radical (unpaired) electrons. The van der Waals surface area contributed by atoms with E-state index in [1.165, 1.54) is 0 Å². The highest BCUT2D eigenvalue weighted by atomic mass is 79.9. The summed E-state index contributed by atoms with van der Waals surface area (Å²) in [6, 6.07) is 8.68. The van der Waals surface area contributed by atoms with E-state index in [9.17, 15) is 8.42 Å². The van der Waals surface area contributed by atoms with Gasteiger partial charge in [0.05, 0.1) is 10.9 Å². The second-order valence-electron chi connectivity index (χ2n) is 4.97. The van der Waals surface area contributed by atoms with Crippen LogP contribution in [0.3, 0.4) is 0 Å². The molecule has 1 aromatic carbocycles. The van der Waals surface area contributed by atoms with Crippen LogP contribution in [0.5, 0.6) is 0 Å². The van der Waals surface area contributed by atoms with E-state index in [4.69, 9.17) is 5.73 Å². The van der Waals surface area contributed by atoms with Crippen molar-refractivity contribution in [1.29, 1.82) is 0 Å². The zero-order valence-corrected chi connectivity index (χ0v) is 14.4. The largest absolute Gasteiger partial charge is 0.398 e. The van der Waals surface area contributed by atoms with Gasteiger partial charge in [0.1, 0.15) is 0 Å². The maximum absolute atomic E-state index is 12.9. The molecule has 3 rings (SSSR count). The molecule has 0 aliphatic carbocycles. The lowest BCUT2D eigenvalue weighted by Gasteiger charge is -2.23. The van der Waals surface area contributed by atoms with Crippen LogP contribution < -0.4 is 5.73 Å². The summed E-state index contributed by atoms with van der Waals surface area (Å²) in [7, 11) is -3.50. The van der Waals surface area contributed by atoms with Crippen LogP contribution in [0.15, 0.2) is 45.1 Å². The molecule has 1 fully saturated rings. The summed E-state index contributed by atoms with van der Waals surface area (Å²) in [5, 5.41) is 1.98. The average Bonchev–Trinajstić information content (AvgIpc) is 3.11. The SMILES string of the molecule is Nc1ccc(S(=O)(=O)N2CCCC2c2cccs2)cc1Br. The lowest BCUT2D eigenvalue weighted by atomic mass is 10.2. The number of halogens is 1. The Morgan fingerprint density at radius 1 is 1.33 bits per heavy atom. The molecule has 1 atom stereocenters. The Kier molecular flexibility index (Phi) is 4.09. The summed E-state index contributed by atoms with van der Waals surface area (Å²) >= 11 is 4.90. The number of sulfonamides is 1. The molecule has 2 heterocycles. The van der Waals surface area contributed by atoms with Crippen LogP contribution in [0.1, 0.15) is 23.8 Å². The number of thiophene rings is 1. The van der Waals surface area contributed by atoms with Crippen molar-refractivity contribution in [2.45, 2.75) is 23.8 Å². The van der Waals surface area contributed by atoms with Gasteiger partial charge in [0.25, 0.3) is 0 Å². The van der Waals surface area contributed by atoms with Crippen molar-refractivity contribution in [2.75, 3.05) is 12.3 Å². The normalized spacial score (nSPS) is 20.0. The molecule has 1 aliphatic heterocycles. The van der Waals surface area contributed by atoms with Gasteiger partial charge >= 0.3 is 0 Å². The van der Waals surface area contributed by atoms with Crippen molar-refractivity contribution in [3.63, 3.8) is 0 Å². The highest BCUT2D eigenvalue weighted by Crippen LogP contribution is 2.39. The second kappa shape index (κ2) is 5.72. The minimum atomic E-state index is -3.50. The van der Waals surface area contributed by atoms with E-state index in [1.807, 2.05) is 17.5 Å². The van der Waals surface area contributed by atoms with Crippen molar-refractivity contribution in [3.05, 3.63) is 45.1 Å². The fraction of sp³-hybridized carbons (Fsp3) is 0.286. The first-order valence-corrected chi connectivity index (χ1v) is 9.71. The van der Waals surface area contributed by atoms with E-state index in [2.05, 4.69) is 15.9 Å². The monoisotopic (exact) mass is 386 g/mol. The Bertz CT molecular complexity index is 744. The Morgan fingerprint density at radius 3 is 2.81 bits per heavy atom. The number of nitrogen functional groups attached to an aromatic ring is 1. The average molecular weight is 387 g/mol. The number of hydrogen-bond acceptors (Lipinski definition) is 4. The fourth-order valence-electron chi connectivity index (χ4n) is 2.60. The van der Waals surface area contributed by atoms with Crippen molar-refractivity contribution in [2.24, 2.45) is 0 Å². The van der Waals surface area contributed by atoms with E-state index in [-0.39, 0.29) is 10.9 Å². The van der Waals surface area contributed by atoms with Gasteiger partial charge in [-0.05, 0) is 58.4 Å². The zero-order valence-electron chi connectivity index (χ0n) is 11.2. The smallest absolute Gasteiger partial charge is 0.243 e.